The van der Waals surface area contributed by atoms with E-state index >= 15 is 0 Å². The number of hydrogen-bond acceptors (Lipinski definition) is 4. The molecule has 0 saturated carbocycles. The highest BCUT2D eigenvalue weighted by Crippen LogP contribution is 2.21. The van der Waals surface area contributed by atoms with Gasteiger partial charge >= 0.3 is 0 Å². The molecular weight excluding hydrogens is 356 g/mol. The summed E-state index contributed by atoms with van der Waals surface area (Å²) in [5.74, 6) is 0.767. The SMILES string of the molecule is Cc1ccc(-c2nc3scc(CCNC(=O)Cc4ccccc4)n3n2)cc1. The van der Waals surface area contributed by atoms with Gasteiger partial charge in [-0.25, -0.2) is 4.52 Å². The predicted octanol–water partition coefficient (Wildman–Crippen LogP) is 3.67. The summed E-state index contributed by atoms with van der Waals surface area (Å²) in [6.45, 7) is 2.64. The van der Waals surface area contributed by atoms with Crippen LogP contribution in [0.1, 0.15) is 16.8 Å². The molecule has 1 amide bonds. The fourth-order valence-electron chi connectivity index (χ4n) is 2.90. The molecule has 4 rings (SSSR count). The lowest BCUT2D eigenvalue weighted by Gasteiger charge is -2.04. The second kappa shape index (κ2) is 7.72. The third-order valence-electron chi connectivity index (χ3n) is 4.37. The summed E-state index contributed by atoms with van der Waals surface area (Å²) in [7, 11) is 0. The van der Waals surface area contributed by atoms with Gasteiger partial charge in [-0.1, -0.05) is 60.2 Å². The van der Waals surface area contributed by atoms with Crippen LogP contribution >= 0.6 is 11.3 Å². The van der Waals surface area contributed by atoms with Crippen LogP contribution in [0.25, 0.3) is 16.3 Å². The zero-order valence-electron chi connectivity index (χ0n) is 15.1. The Labute approximate surface area is 161 Å². The Balaban J connectivity index is 1.39. The molecular formula is C21H20N4OS. The van der Waals surface area contributed by atoms with Crippen molar-refractivity contribution in [1.82, 2.24) is 19.9 Å². The van der Waals surface area contributed by atoms with Crippen molar-refractivity contribution < 1.29 is 4.79 Å². The molecule has 0 saturated heterocycles. The molecule has 1 N–H and O–H groups in total. The minimum Gasteiger partial charge on any atom is -0.355 e. The number of carbonyl (C=O) groups excluding carboxylic acids is 1. The molecule has 136 valence electrons. The first kappa shape index (κ1) is 17.4. The molecule has 2 aromatic carbocycles. The number of benzene rings is 2. The summed E-state index contributed by atoms with van der Waals surface area (Å²) in [6, 6.07) is 18.0. The molecule has 0 atom stereocenters. The van der Waals surface area contributed by atoms with E-state index < -0.39 is 0 Å². The molecule has 2 heterocycles. The van der Waals surface area contributed by atoms with Crippen molar-refractivity contribution >= 4 is 22.2 Å². The maximum atomic E-state index is 12.1. The third-order valence-corrected chi connectivity index (χ3v) is 5.24. The number of rotatable bonds is 6. The van der Waals surface area contributed by atoms with Crippen molar-refractivity contribution in [3.05, 3.63) is 76.8 Å². The molecule has 5 nitrogen and oxygen atoms in total. The zero-order valence-corrected chi connectivity index (χ0v) is 15.9. The Morgan fingerprint density at radius 2 is 1.89 bits per heavy atom. The number of nitrogens with zero attached hydrogens (tertiary/aromatic N) is 3. The molecule has 0 unspecified atom stereocenters. The number of carbonyl (C=O) groups is 1. The summed E-state index contributed by atoms with van der Waals surface area (Å²) in [6.07, 6.45) is 1.12. The van der Waals surface area contributed by atoms with Crippen molar-refractivity contribution in [2.75, 3.05) is 6.54 Å². The minimum atomic E-state index is 0.0339. The Morgan fingerprint density at radius 3 is 2.67 bits per heavy atom. The normalized spacial score (nSPS) is 11.0. The Morgan fingerprint density at radius 1 is 1.11 bits per heavy atom. The van der Waals surface area contributed by atoms with Crippen LogP contribution in [0.2, 0.25) is 0 Å². The lowest BCUT2D eigenvalue weighted by atomic mass is 10.1. The van der Waals surface area contributed by atoms with E-state index in [9.17, 15) is 4.79 Å². The van der Waals surface area contributed by atoms with Gasteiger partial charge in [0, 0.05) is 23.9 Å². The van der Waals surface area contributed by atoms with Crippen molar-refractivity contribution in [3.63, 3.8) is 0 Å². The molecule has 0 fully saturated rings. The molecule has 6 heteroatoms. The molecule has 2 aromatic heterocycles. The van der Waals surface area contributed by atoms with E-state index in [0.29, 0.717) is 13.0 Å². The van der Waals surface area contributed by atoms with Crippen molar-refractivity contribution in [2.45, 2.75) is 19.8 Å². The van der Waals surface area contributed by atoms with Crippen LogP contribution in [-0.2, 0) is 17.6 Å². The van der Waals surface area contributed by atoms with Gasteiger partial charge in [-0.15, -0.1) is 16.4 Å². The average Bonchev–Trinajstić information content (AvgIpc) is 3.25. The number of hydrogen-bond donors (Lipinski definition) is 1. The van der Waals surface area contributed by atoms with Gasteiger partial charge in [-0.3, -0.25) is 4.79 Å². The smallest absolute Gasteiger partial charge is 0.224 e. The van der Waals surface area contributed by atoms with Gasteiger partial charge in [0.1, 0.15) is 0 Å². The summed E-state index contributed by atoms with van der Waals surface area (Å²) in [5, 5.41) is 9.68. The fourth-order valence-corrected chi connectivity index (χ4v) is 3.75. The molecule has 0 aliphatic rings. The van der Waals surface area contributed by atoms with Gasteiger partial charge in [-0.05, 0) is 12.5 Å². The van der Waals surface area contributed by atoms with Crippen molar-refractivity contribution in [2.24, 2.45) is 0 Å². The minimum absolute atomic E-state index is 0.0339. The first-order valence-electron chi connectivity index (χ1n) is 8.90. The van der Waals surface area contributed by atoms with E-state index in [1.165, 1.54) is 5.56 Å². The lowest BCUT2D eigenvalue weighted by Crippen LogP contribution is -2.27. The van der Waals surface area contributed by atoms with Crippen LogP contribution < -0.4 is 5.32 Å². The highest BCUT2D eigenvalue weighted by atomic mass is 32.1. The number of amides is 1. The second-order valence-corrected chi connectivity index (χ2v) is 7.32. The Bertz CT molecular complexity index is 1050. The van der Waals surface area contributed by atoms with E-state index in [2.05, 4.69) is 39.8 Å². The molecule has 0 aliphatic carbocycles. The topological polar surface area (TPSA) is 59.3 Å². The molecule has 0 spiro atoms. The maximum absolute atomic E-state index is 12.1. The van der Waals surface area contributed by atoms with Gasteiger partial charge in [0.2, 0.25) is 10.9 Å². The number of nitrogens with one attached hydrogen (secondary N) is 1. The van der Waals surface area contributed by atoms with Crippen LogP contribution in [0.4, 0.5) is 0 Å². The van der Waals surface area contributed by atoms with Crippen molar-refractivity contribution in [1.29, 1.82) is 0 Å². The van der Waals surface area contributed by atoms with Gasteiger partial charge in [0.25, 0.3) is 0 Å². The Kier molecular flexibility index (Phi) is 4.98. The Hall–Kier alpha value is -2.99. The highest BCUT2D eigenvalue weighted by Gasteiger charge is 2.12. The van der Waals surface area contributed by atoms with Gasteiger partial charge in [0.15, 0.2) is 5.82 Å². The summed E-state index contributed by atoms with van der Waals surface area (Å²) in [5.41, 5.74) is 4.30. The van der Waals surface area contributed by atoms with E-state index in [1.54, 1.807) is 11.3 Å². The average molecular weight is 376 g/mol. The number of thiazole rings is 1. The zero-order chi connectivity index (χ0) is 18.6. The summed E-state index contributed by atoms with van der Waals surface area (Å²) >= 11 is 1.57. The summed E-state index contributed by atoms with van der Waals surface area (Å²) < 4.78 is 1.88. The second-order valence-electron chi connectivity index (χ2n) is 6.49. The lowest BCUT2D eigenvalue weighted by molar-refractivity contribution is -0.120. The van der Waals surface area contributed by atoms with Gasteiger partial charge < -0.3 is 5.32 Å². The van der Waals surface area contributed by atoms with Crippen LogP contribution in [0, 0.1) is 6.92 Å². The van der Waals surface area contributed by atoms with Gasteiger partial charge in [0.05, 0.1) is 12.1 Å². The standard InChI is InChI=1S/C21H20N4OS/c1-15-7-9-17(10-8-15)20-23-21-25(24-20)18(14-27-21)11-12-22-19(26)13-16-5-3-2-4-6-16/h2-10,14H,11-13H2,1H3,(H,22,26). The molecule has 27 heavy (non-hydrogen) atoms. The van der Waals surface area contributed by atoms with Gasteiger partial charge in [-0.2, -0.15) is 4.98 Å². The number of aromatic nitrogens is 3. The molecule has 4 aromatic rings. The highest BCUT2D eigenvalue weighted by molar-refractivity contribution is 7.15. The van der Waals surface area contributed by atoms with E-state index in [1.807, 2.05) is 47.0 Å². The molecule has 0 radical (unpaired) electrons. The van der Waals surface area contributed by atoms with Crippen LogP contribution in [-0.4, -0.2) is 27.0 Å². The largest absolute Gasteiger partial charge is 0.355 e. The fraction of sp³-hybridized carbons (Fsp3) is 0.190. The molecule has 0 bridgehead atoms. The van der Waals surface area contributed by atoms with E-state index in [4.69, 9.17) is 0 Å². The first-order valence-corrected chi connectivity index (χ1v) is 9.78. The third kappa shape index (κ3) is 4.06. The van der Waals surface area contributed by atoms with Crippen LogP contribution in [0.15, 0.2) is 60.0 Å². The quantitative estimate of drug-likeness (QED) is 0.559. The van der Waals surface area contributed by atoms with E-state index in [0.717, 1.165) is 34.0 Å². The summed E-state index contributed by atoms with van der Waals surface area (Å²) in [4.78, 5) is 17.6. The monoisotopic (exact) mass is 376 g/mol. The number of aryl methyl sites for hydroxylation is 1. The molecule has 0 aliphatic heterocycles. The maximum Gasteiger partial charge on any atom is 0.224 e. The van der Waals surface area contributed by atoms with Crippen LogP contribution in [0.3, 0.4) is 0 Å². The van der Waals surface area contributed by atoms with Crippen LogP contribution in [0.5, 0.6) is 0 Å². The van der Waals surface area contributed by atoms with E-state index in [-0.39, 0.29) is 5.91 Å². The first-order chi connectivity index (χ1) is 13.2. The number of fused-ring (bicyclic) bond motifs is 1. The predicted molar refractivity (Wildman–Crippen MR) is 108 cm³/mol. The van der Waals surface area contributed by atoms with Crippen molar-refractivity contribution in [3.8, 4) is 11.4 Å².